The van der Waals surface area contributed by atoms with Gasteiger partial charge in [0, 0.05) is 46.2 Å². The quantitative estimate of drug-likeness (QED) is 0.280. The molecule has 0 aromatic heterocycles. The average molecular weight is 803 g/mol. The van der Waals surface area contributed by atoms with Gasteiger partial charge >= 0.3 is 0 Å². The van der Waals surface area contributed by atoms with Gasteiger partial charge in [-0.05, 0) is 66.9 Å². The van der Waals surface area contributed by atoms with Crippen LogP contribution >= 0.6 is 12.6 Å². The van der Waals surface area contributed by atoms with E-state index in [1.165, 1.54) is 63.9 Å². The lowest BCUT2D eigenvalue weighted by Crippen LogP contribution is -2.62. The second-order valence-corrected chi connectivity index (χ2v) is 14.7. The van der Waals surface area contributed by atoms with E-state index in [-0.39, 0.29) is 25.0 Å². The van der Waals surface area contributed by atoms with Gasteiger partial charge in [-0.25, -0.2) is 0 Å². The normalized spacial score (nSPS) is 24.1. The molecule has 0 radical (unpaired) electrons. The Morgan fingerprint density at radius 2 is 1.28 bits per heavy atom. The Morgan fingerprint density at radius 3 is 1.91 bits per heavy atom. The fourth-order valence-corrected chi connectivity index (χ4v) is 7.10. The predicted molar refractivity (Wildman–Crippen MR) is 214 cm³/mol. The van der Waals surface area contributed by atoms with E-state index < -0.39 is 71.7 Å². The number of thiol groups is 1. The van der Waals surface area contributed by atoms with E-state index in [9.17, 15) is 28.8 Å². The number of benzene rings is 3. The van der Waals surface area contributed by atoms with Crippen molar-refractivity contribution in [3.63, 3.8) is 0 Å². The third kappa shape index (κ3) is 9.79. The van der Waals surface area contributed by atoms with E-state index in [1.807, 2.05) is 0 Å². The smallest absolute Gasteiger partial charge is 0.246 e. The number of fused-ring (bicyclic) bond motifs is 2. The fourth-order valence-electron chi connectivity index (χ4n) is 6.86. The zero-order valence-electron chi connectivity index (χ0n) is 33.1. The molecule has 3 heterocycles. The second-order valence-electron chi connectivity index (χ2n) is 14.3. The average Bonchev–Trinajstić information content (AvgIpc) is 3.21. The number of hydrogen-bond donors (Lipinski definition) is 4. The van der Waals surface area contributed by atoms with Gasteiger partial charge in [0.15, 0.2) is 11.5 Å². The molecule has 6 rings (SSSR count). The molecule has 6 amide bonds. The molecular formula is C41H50N6O9S. The first-order valence-electron chi connectivity index (χ1n) is 18.5. The lowest BCUT2D eigenvalue weighted by Gasteiger charge is -2.37. The predicted octanol–water partition coefficient (Wildman–Crippen LogP) is 1.76. The molecule has 0 aliphatic carbocycles. The van der Waals surface area contributed by atoms with Crippen molar-refractivity contribution in [3.05, 3.63) is 83.4 Å². The molecule has 3 aliphatic heterocycles. The van der Waals surface area contributed by atoms with E-state index in [0.29, 0.717) is 39.7 Å². The summed E-state index contributed by atoms with van der Waals surface area (Å²) < 4.78 is 17.0. The van der Waals surface area contributed by atoms with Gasteiger partial charge < -0.3 is 44.9 Å². The summed E-state index contributed by atoms with van der Waals surface area (Å²) in [4.78, 5) is 88.6. The van der Waals surface area contributed by atoms with Crippen molar-refractivity contribution in [2.24, 2.45) is 0 Å². The van der Waals surface area contributed by atoms with Crippen molar-refractivity contribution >= 4 is 48.1 Å². The summed E-state index contributed by atoms with van der Waals surface area (Å²) in [6.45, 7) is 2.96. The molecule has 0 spiro atoms. The van der Waals surface area contributed by atoms with Crippen LogP contribution < -0.4 is 30.2 Å². The van der Waals surface area contributed by atoms with Crippen LogP contribution in [0.5, 0.6) is 23.0 Å². The standard InChI is InChI=1S/C41H50N6O9S/c1-23-36(48)44-30(22-57)40(52)45(3)31(18-25-8-13-28(54-6)14-9-25)38(50)43-24(2)39(51)47(5)33-19-26-10-15-29(16-11-26)56-35-21-27(12-17-34(35)55-7)20-32(37(49)42-23)46(4)41(33)53/h8-17,21,23-24,30-33,57H,18-20,22H2,1-7H3,(H,42,49)(H,43,50)(H,44,48)/t23-,24+,30+,31+,32+,33+/m1/s1. The summed E-state index contributed by atoms with van der Waals surface area (Å²) >= 11 is 4.34. The summed E-state index contributed by atoms with van der Waals surface area (Å²) in [5.74, 6) is -1.91. The highest BCUT2D eigenvalue weighted by atomic mass is 32.1. The zero-order chi connectivity index (χ0) is 41.6. The summed E-state index contributed by atoms with van der Waals surface area (Å²) in [5, 5.41) is 8.15. The minimum absolute atomic E-state index is 0.00464. The summed E-state index contributed by atoms with van der Waals surface area (Å²) in [7, 11) is 7.42. The van der Waals surface area contributed by atoms with Crippen LogP contribution in [0.25, 0.3) is 0 Å². The van der Waals surface area contributed by atoms with Crippen LogP contribution in [0.4, 0.5) is 0 Å². The maximum absolute atomic E-state index is 14.7. The second kappa shape index (κ2) is 18.4. The number of carbonyl (C=O) groups is 6. The first kappa shape index (κ1) is 42.4. The van der Waals surface area contributed by atoms with Gasteiger partial charge in [-0.15, -0.1) is 0 Å². The minimum Gasteiger partial charge on any atom is -0.497 e. The van der Waals surface area contributed by atoms with Crippen LogP contribution in [0.3, 0.4) is 0 Å². The molecule has 0 unspecified atom stereocenters. The number of amides is 6. The minimum atomic E-state index is -1.19. The molecule has 3 aromatic rings. The molecule has 0 saturated carbocycles. The van der Waals surface area contributed by atoms with Crippen molar-refractivity contribution in [2.75, 3.05) is 41.1 Å². The first-order chi connectivity index (χ1) is 27.1. The molecular weight excluding hydrogens is 753 g/mol. The van der Waals surface area contributed by atoms with Crippen LogP contribution in [-0.2, 0) is 48.0 Å². The molecule has 304 valence electrons. The van der Waals surface area contributed by atoms with Crippen molar-refractivity contribution in [3.8, 4) is 23.0 Å². The third-order valence-electron chi connectivity index (χ3n) is 10.4. The number of rotatable bonds is 5. The van der Waals surface area contributed by atoms with Crippen LogP contribution in [0.2, 0.25) is 0 Å². The number of nitrogens with zero attached hydrogens (tertiary/aromatic N) is 3. The number of likely N-dealkylation sites (N-methyl/N-ethyl adjacent to an activating group) is 3. The van der Waals surface area contributed by atoms with E-state index in [4.69, 9.17) is 14.2 Å². The van der Waals surface area contributed by atoms with Crippen LogP contribution in [0.1, 0.15) is 30.5 Å². The molecule has 15 nitrogen and oxygen atoms in total. The van der Waals surface area contributed by atoms with E-state index >= 15 is 0 Å². The number of nitrogens with one attached hydrogen (secondary N) is 3. The number of hydrogen-bond acceptors (Lipinski definition) is 10. The Labute approximate surface area is 337 Å². The monoisotopic (exact) mass is 802 g/mol. The van der Waals surface area contributed by atoms with Crippen LogP contribution in [0.15, 0.2) is 66.7 Å². The van der Waals surface area contributed by atoms with Gasteiger partial charge in [0.1, 0.15) is 47.8 Å². The summed E-state index contributed by atoms with van der Waals surface area (Å²) in [5.41, 5.74) is 2.00. The highest BCUT2D eigenvalue weighted by Gasteiger charge is 2.39. The largest absolute Gasteiger partial charge is 0.497 e. The Morgan fingerprint density at radius 1 is 0.667 bits per heavy atom. The van der Waals surface area contributed by atoms with E-state index in [2.05, 4.69) is 28.6 Å². The van der Waals surface area contributed by atoms with Gasteiger partial charge in [0.2, 0.25) is 35.4 Å². The number of methoxy groups -OCH3 is 2. The molecule has 57 heavy (non-hydrogen) atoms. The van der Waals surface area contributed by atoms with E-state index in [1.54, 1.807) is 66.7 Å². The van der Waals surface area contributed by atoms with Gasteiger partial charge in [-0.2, -0.15) is 12.6 Å². The lowest BCUT2D eigenvalue weighted by molar-refractivity contribution is -0.149. The van der Waals surface area contributed by atoms with Crippen molar-refractivity contribution < 1.29 is 43.0 Å². The van der Waals surface area contributed by atoms with Crippen LogP contribution in [-0.4, -0.2) is 128 Å². The molecule has 1 saturated heterocycles. The number of ether oxygens (including phenoxy) is 3. The third-order valence-corrected chi connectivity index (χ3v) is 10.8. The highest BCUT2D eigenvalue weighted by Crippen LogP contribution is 2.34. The molecule has 3 aliphatic rings. The molecule has 16 heteroatoms. The van der Waals surface area contributed by atoms with Gasteiger partial charge in [0.25, 0.3) is 0 Å². The van der Waals surface area contributed by atoms with Crippen molar-refractivity contribution in [1.29, 1.82) is 0 Å². The van der Waals surface area contributed by atoms with E-state index in [0.717, 1.165) is 0 Å². The Balaban J connectivity index is 1.59. The molecule has 6 atom stereocenters. The zero-order valence-corrected chi connectivity index (χ0v) is 34.0. The summed E-state index contributed by atoms with van der Waals surface area (Å²) in [6, 6.07) is 12.2. The fraction of sp³-hybridized carbons (Fsp3) is 0.415. The molecule has 1 fully saturated rings. The summed E-state index contributed by atoms with van der Waals surface area (Å²) in [6.07, 6.45) is 0.100. The SMILES string of the molecule is COc1ccc(C[C@H]2C(=O)N[C@@H](C)C(=O)N(C)[C@H]3Cc4ccc(cc4)Oc4cc(ccc4OC)C[C@@H](C(=O)N[C@H](C)C(=O)N[C@@H](CS)C(=O)N2C)N(C)C3=O)cc1. The molecule has 3 N–H and O–H groups in total. The van der Waals surface area contributed by atoms with Gasteiger partial charge in [-0.3, -0.25) is 28.8 Å². The van der Waals surface area contributed by atoms with Gasteiger partial charge in [-0.1, -0.05) is 30.3 Å². The Bertz CT molecular complexity index is 1980. The highest BCUT2D eigenvalue weighted by molar-refractivity contribution is 7.80. The lowest BCUT2D eigenvalue weighted by atomic mass is 9.98. The maximum Gasteiger partial charge on any atom is 0.246 e. The Kier molecular flexibility index (Phi) is 13.7. The van der Waals surface area contributed by atoms with Crippen molar-refractivity contribution in [1.82, 2.24) is 30.7 Å². The van der Waals surface area contributed by atoms with Crippen LogP contribution in [0, 0.1) is 0 Å². The number of carbonyl (C=O) groups excluding carboxylic acids is 6. The van der Waals surface area contributed by atoms with Gasteiger partial charge in [0.05, 0.1) is 14.2 Å². The topological polar surface area (TPSA) is 176 Å². The van der Waals surface area contributed by atoms with Crippen molar-refractivity contribution in [2.45, 2.75) is 69.4 Å². The maximum atomic E-state index is 14.7. The molecule has 6 bridgehead atoms. The Hall–Kier alpha value is -5.77. The first-order valence-corrected chi connectivity index (χ1v) is 19.2. The molecule has 3 aromatic carbocycles.